The first-order valence-corrected chi connectivity index (χ1v) is 5.39. The van der Waals surface area contributed by atoms with Crippen LogP contribution in [-0.2, 0) is 6.54 Å². The Morgan fingerprint density at radius 2 is 2.12 bits per heavy atom. The third-order valence-corrected chi connectivity index (χ3v) is 2.25. The SMILES string of the molecule is CCCN=C(N)N(C)Cc1ccccc1F. The molecule has 0 radical (unpaired) electrons. The van der Waals surface area contributed by atoms with E-state index >= 15 is 0 Å². The van der Waals surface area contributed by atoms with Crippen LogP contribution in [0.25, 0.3) is 0 Å². The third kappa shape index (κ3) is 3.53. The summed E-state index contributed by atoms with van der Waals surface area (Å²) in [6, 6.07) is 6.68. The Labute approximate surface area is 95.8 Å². The molecule has 1 aromatic rings. The van der Waals surface area contributed by atoms with Crippen LogP contribution in [0.1, 0.15) is 18.9 Å². The van der Waals surface area contributed by atoms with E-state index in [9.17, 15) is 4.39 Å². The first-order chi connectivity index (χ1) is 7.65. The monoisotopic (exact) mass is 223 g/mol. The standard InChI is InChI=1S/C12H18FN3/c1-3-8-15-12(14)16(2)9-10-6-4-5-7-11(10)13/h4-7H,3,8-9H2,1-2H3,(H2,14,15). The van der Waals surface area contributed by atoms with Crippen LogP contribution in [-0.4, -0.2) is 24.5 Å². The van der Waals surface area contributed by atoms with E-state index in [1.54, 1.807) is 24.1 Å². The summed E-state index contributed by atoms with van der Waals surface area (Å²) in [5, 5.41) is 0. The molecule has 0 unspecified atom stereocenters. The van der Waals surface area contributed by atoms with Crippen molar-refractivity contribution >= 4 is 5.96 Å². The van der Waals surface area contributed by atoms with E-state index in [0.717, 1.165) is 6.42 Å². The number of guanidine groups is 1. The van der Waals surface area contributed by atoms with Crippen LogP contribution in [0.2, 0.25) is 0 Å². The van der Waals surface area contributed by atoms with E-state index < -0.39 is 0 Å². The molecule has 3 nitrogen and oxygen atoms in total. The van der Waals surface area contributed by atoms with Crippen molar-refractivity contribution in [1.82, 2.24) is 4.90 Å². The van der Waals surface area contributed by atoms with E-state index in [-0.39, 0.29) is 5.82 Å². The number of halogens is 1. The van der Waals surface area contributed by atoms with Crippen molar-refractivity contribution in [3.05, 3.63) is 35.6 Å². The molecule has 1 rings (SSSR count). The smallest absolute Gasteiger partial charge is 0.191 e. The van der Waals surface area contributed by atoms with Gasteiger partial charge < -0.3 is 10.6 Å². The Hall–Kier alpha value is -1.58. The lowest BCUT2D eigenvalue weighted by atomic mass is 10.2. The maximum absolute atomic E-state index is 13.4. The van der Waals surface area contributed by atoms with Gasteiger partial charge in [0.15, 0.2) is 5.96 Å². The number of rotatable bonds is 4. The highest BCUT2D eigenvalue weighted by Crippen LogP contribution is 2.08. The lowest BCUT2D eigenvalue weighted by molar-refractivity contribution is 0.473. The summed E-state index contributed by atoms with van der Waals surface area (Å²) in [6.07, 6.45) is 0.953. The average molecular weight is 223 g/mol. The molecule has 0 aliphatic heterocycles. The summed E-state index contributed by atoms with van der Waals surface area (Å²) in [4.78, 5) is 5.91. The maximum atomic E-state index is 13.4. The van der Waals surface area contributed by atoms with Crippen molar-refractivity contribution in [3.63, 3.8) is 0 Å². The third-order valence-electron chi connectivity index (χ3n) is 2.25. The second-order valence-electron chi connectivity index (χ2n) is 3.69. The highest BCUT2D eigenvalue weighted by molar-refractivity contribution is 5.77. The molecule has 0 heterocycles. The number of aliphatic imine (C=N–C) groups is 1. The zero-order chi connectivity index (χ0) is 12.0. The first kappa shape index (κ1) is 12.5. The lowest BCUT2D eigenvalue weighted by Crippen LogP contribution is -2.33. The van der Waals surface area contributed by atoms with E-state index in [2.05, 4.69) is 4.99 Å². The first-order valence-electron chi connectivity index (χ1n) is 5.39. The summed E-state index contributed by atoms with van der Waals surface area (Å²) in [7, 11) is 1.81. The van der Waals surface area contributed by atoms with Crippen molar-refractivity contribution in [2.24, 2.45) is 10.7 Å². The van der Waals surface area contributed by atoms with Gasteiger partial charge in [0.05, 0.1) is 0 Å². The predicted molar refractivity (Wildman–Crippen MR) is 64.6 cm³/mol. The molecule has 0 atom stereocenters. The van der Waals surface area contributed by atoms with Crippen molar-refractivity contribution in [2.75, 3.05) is 13.6 Å². The zero-order valence-electron chi connectivity index (χ0n) is 9.78. The minimum absolute atomic E-state index is 0.211. The Morgan fingerprint density at radius 3 is 2.75 bits per heavy atom. The van der Waals surface area contributed by atoms with Crippen LogP contribution in [0.5, 0.6) is 0 Å². The van der Waals surface area contributed by atoms with Gasteiger partial charge in [0.1, 0.15) is 5.82 Å². The van der Waals surface area contributed by atoms with Crippen LogP contribution in [0.15, 0.2) is 29.3 Å². The van der Waals surface area contributed by atoms with Gasteiger partial charge in [-0.25, -0.2) is 4.39 Å². The van der Waals surface area contributed by atoms with Crippen LogP contribution in [0.4, 0.5) is 4.39 Å². The summed E-state index contributed by atoms with van der Waals surface area (Å²) >= 11 is 0. The molecule has 0 saturated heterocycles. The van der Waals surface area contributed by atoms with Crippen LogP contribution in [0.3, 0.4) is 0 Å². The molecule has 1 aromatic carbocycles. The molecule has 2 N–H and O–H groups in total. The van der Waals surface area contributed by atoms with Crippen LogP contribution in [0, 0.1) is 5.82 Å². The molecule has 4 heteroatoms. The number of nitrogens with two attached hydrogens (primary N) is 1. The van der Waals surface area contributed by atoms with Crippen molar-refractivity contribution in [3.8, 4) is 0 Å². The Balaban J connectivity index is 2.64. The molecular formula is C12H18FN3. The Bertz CT molecular complexity index is 363. The molecule has 16 heavy (non-hydrogen) atoms. The van der Waals surface area contributed by atoms with Gasteiger partial charge in [-0.3, -0.25) is 4.99 Å². The largest absolute Gasteiger partial charge is 0.370 e. The summed E-state index contributed by atoms with van der Waals surface area (Å²) in [6.45, 7) is 3.17. The van der Waals surface area contributed by atoms with E-state index in [1.165, 1.54) is 6.07 Å². The van der Waals surface area contributed by atoms with Crippen LogP contribution >= 0.6 is 0 Å². The van der Waals surface area contributed by atoms with Gasteiger partial charge in [-0.2, -0.15) is 0 Å². The fraction of sp³-hybridized carbons (Fsp3) is 0.417. The number of hydrogen-bond acceptors (Lipinski definition) is 1. The van der Waals surface area contributed by atoms with Gasteiger partial charge in [-0.1, -0.05) is 25.1 Å². The second-order valence-corrected chi connectivity index (χ2v) is 3.69. The lowest BCUT2D eigenvalue weighted by Gasteiger charge is -2.18. The highest BCUT2D eigenvalue weighted by atomic mass is 19.1. The number of hydrogen-bond donors (Lipinski definition) is 1. The molecule has 0 amide bonds. The van der Waals surface area contributed by atoms with Gasteiger partial charge in [-0.15, -0.1) is 0 Å². The molecule has 0 bridgehead atoms. The Morgan fingerprint density at radius 1 is 1.44 bits per heavy atom. The summed E-state index contributed by atoms with van der Waals surface area (Å²) < 4.78 is 13.4. The predicted octanol–water partition coefficient (Wildman–Crippen LogP) is 1.98. The molecule has 0 aliphatic carbocycles. The molecule has 0 fully saturated rings. The van der Waals surface area contributed by atoms with Crippen molar-refractivity contribution in [1.29, 1.82) is 0 Å². The minimum atomic E-state index is -0.211. The van der Waals surface area contributed by atoms with Gasteiger partial charge in [0.25, 0.3) is 0 Å². The molecule has 0 aliphatic rings. The van der Waals surface area contributed by atoms with Gasteiger partial charge in [0, 0.05) is 25.7 Å². The Kier molecular flexibility index (Phi) is 4.76. The fourth-order valence-electron chi connectivity index (χ4n) is 1.31. The summed E-state index contributed by atoms with van der Waals surface area (Å²) in [5.41, 5.74) is 6.38. The molecular weight excluding hydrogens is 205 g/mol. The van der Waals surface area contributed by atoms with Gasteiger partial charge >= 0.3 is 0 Å². The fourth-order valence-corrected chi connectivity index (χ4v) is 1.31. The highest BCUT2D eigenvalue weighted by Gasteiger charge is 2.06. The normalized spacial score (nSPS) is 11.6. The summed E-state index contributed by atoms with van der Waals surface area (Å²) in [5.74, 6) is 0.239. The quantitative estimate of drug-likeness (QED) is 0.626. The minimum Gasteiger partial charge on any atom is -0.370 e. The number of nitrogens with zero attached hydrogens (tertiary/aromatic N) is 2. The topological polar surface area (TPSA) is 41.6 Å². The maximum Gasteiger partial charge on any atom is 0.191 e. The van der Waals surface area contributed by atoms with E-state index in [4.69, 9.17) is 5.73 Å². The van der Waals surface area contributed by atoms with Crippen molar-refractivity contribution < 1.29 is 4.39 Å². The van der Waals surface area contributed by atoms with Crippen molar-refractivity contribution in [2.45, 2.75) is 19.9 Å². The molecule has 88 valence electrons. The average Bonchev–Trinajstić information content (AvgIpc) is 2.28. The van der Waals surface area contributed by atoms with E-state index in [1.807, 2.05) is 13.0 Å². The van der Waals surface area contributed by atoms with Gasteiger partial charge in [-0.05, 0) is 12.5 Å². The second kappa shape index (κ2) is 6.10. The van der Waals surface area contributed by atoms with E-state index in [0.29, 0.717) is 24.6 Å². The number of benzene rings is 1. The van der Waals surface area contributed by atoms with Gasteiger partial charge in [0.2, 0.25) is 0 Å². The molecule has 0 aromatic heterocycles. The molecule has 0 spiro atoms. The molecule has 0 saturated carbocycles. The van der Waals surface area contributed by atoms with Crippen LogP contribution < -0.4 is 5.73 Å². The zero-order valence-corrected chi connectivity index (χ0v) is 9.78.